The van der Waals surface area contributed by atoms with Gasteiger partial charge in [-0.15, -0.1) is 0 Å². The van der Waals surface area contributed by atoms with E-state index in [-0.39, 0.29) is 4.90 Å². The van der Waals surface area contributed by atoms with Crippen LogP contribution in [0.2, 0.25) is 0 Å². The van der Waals surface area contributed by atoms with E-state index >= 15 is 0 Å². The highest BCUT2D eigenvalue weighted by Gasteiger charge is 2.20. The van der Waals surface area contributed by atoms with E-state index in [1.165, 1.54) is 7.11 Å². The minimum Gasteiger partial charge on any atom is -0.497 e. The van der Waals surface area contributed by atoms with Gasteiger partial charge in [-0.2, -0.15) is 0 Å². The molecule has 2 rings (SSSR count). The summed E-state index contributed by atoms with van der Waals surface area (Å²) in [4.78, 5) is 0.169. The minimum absolute atomic E-state index is 0.169. The van der Waals surface area contributed by atoms with Crippen LogP contribution in [0.15, 0.2) is 41.3 Å². The van der Waals surface area contributed by atoms with Crippen LogP contribution >= 0.6 is 0 Å². The molecule has 0 atom stereocenters. The Morgan fingerprint density at radius 1 is 0.958 bits per heavy atom. The highest BCUT2D eigenvalue weighted by molar-refractivity contribution is 7.89. The van der Waals surface area contributed by atoms with E-state index in [0.717, 1.165) is 22.4 Å². The molecule has 2 aromatic carbocycles. The van der Waals surface area contributed by atoms with E-state index in [1.54, 1.807) is 19.2 Å². The van der Waals surface area contributed by atoms with Gasteiger partial charge in [0.05, 0.1) is 14.2 Å². The molecule has 130 valence electrons. The number of methoxy groups -OCH3 is 2. The lowest BCUT2D eigenvalue weighted by atomic mass is 10.1. The molecule has 0 amide bonds. The van der Waals surface area contributed by atoms with Crippen molar-refractivity contribution in [2.75, 3.05) is 20.8 Å². The maximum Gasteiger partial charge on any atom is 0.244 e. The maximum atomic E-state index is 12.6. The van der Waals surface area contributed by atoms with Crippen LogP contribution in [-0.4, -0.2) is 29.2 Å². The fraction of sp³-hybridized carbons (Fsp3) is 0.333. The van der Waals surface area contributed by atoms with Gasteiger partial charge in [-0.3, -0.25) is 0 Å². The largest absolute Gasteiger partial charge is 0.497 e. The molecule has 0 spiro atoms. The molecule has 2 aromatic rings. The smallest absolute Gasteiger partial charge is 0.244 e. The van der Waals surface area contributed by atoms with E-state index in [9.17, 15) is 8.42 Å². The molecule has 0 aliphatic carbocycles. The third-order valence-corrected chi connectivity index (χ3v) is 5.42. The van der Waals surface area contributed by atoms with Crippen molar-refractivity contribution in [2.24, 2.45) is 0 Å². The molecule has 0 aromatic heterocycles. The molecule has 0 unspecified atom stereocenters. The summed E-state index contributed by atoms with van der Waals surface area (Å²) in [7, 11) is -0.541. The highest BCUT2D eigenvalue weighted by Crippen LogP contribution is 2.27. The highest BCUT2D eigenvalue weighted by atomic mass is 32.2. The first-order chi connectivity index (χ1) is 11.4. The van der Waals surface area contributed by atoms with Crippen molar-refractivity contribution in [1.82, 2.24) is 4.72 Å². The summed E-state index contributed by atoms with van der Waals surface area (Å²) in [6.45, 7) is 4.11. The van der Waals surface area contributed by atoms with Crippen LogP contribution < -0.4 is 14.2 Å². The van der Waals surface area contributed by atoms with E-state index in [4.69, 9.17) is 9.47 Å². The number of benzene rings is 2. The van der Waals surface area contributed by atoms with Crippen molar-refractivity contribution in [3.63, 3.8) is 0 Å². The predicted octanol–water partition coefficient (Wildman–Crippen LogP) is 2.84. The molecule has 6 heteroatoms. The minimum atomic E-state index is -3.62. The predicted molar refractivity (Wildman–Crippen MR) is 94.4 cm³/mol. The summed E-state index contributed by atoms with van der Waals surface area (Å²) < 4.78 is 38.1. The van der Waals surface area contributed by atoms with Crippen molar-refractivity contribution >= 4 is 10.0 Å². The van der Waals surface area contributed by atoms with Gasteiger partial charge in [-0.1, -0.05) is 12.1 Å². The number of aryl methyl sites for hydroxylation is 2. The Morgan fingerprint density at radius 2 is 1.58 bits per heavy atom. The van der Waals surface area contributed by atoms with E-state index < -0.39 is 10.0 Å². The van der Waals surface area contributed by atoms with E-state index in [0.29, 0.717) is 18.7 Å². The van der Waals surface area contributed by atoms with Gasteiger partial charge in [0.1, 0.15) is 16.4 Å². The van der Waals surface area contributed by atoms with Gasteiger partial charge in [0.2, 0.25) is 10.0 Å². The van der Waals surface area contributed by atoms with Gasteiger partial charge in [0, 0.05) is 6.54 Å². The number of hydrogen-bond acceptors (Lipinski definition) is 4. The summed E-state index contributed by atoms with van der Waals surface area (Å²) in [5, 5.41) is 0. The second kappa shape index (κ2) is 7.68. The first kappa shape index (κ1) is 18.3. The Labute approximate surface area is 143 Å². The van der Waals surface area contributed by atoms with Gasteiger partial charge < -0.3 is 9.47 Å². The number of ether oxygens (including phenoxy) is 2. The van der Waals surface area contributed by atoms with Crippen LogP contribution in [0.5, 0.6) is 11.5 Å². The Balaban J connectivity index is 2.09. The van der Waals surface area contributed by atoms with Crippen molar-refractivity contribution in [1.29, 1.82) is 0 Å². The molecule has 0 aliphatic heterocycles. The van der Waals surface area contributed by atoms with Crippen molar-refractivity contribution in [3.05, 3.63) is 53.1 Å². The normalized spacial score (nSPS) is 11.3. The average molecular weight is 349 g/mol. The van der Waals surface area contributed by atoms with Crippen LogP contribution in [0.4, 0.5) is 0 Å². The molecule has 5 nitrogen and oxygen atoms in total. The average Bonchev–Trinajstić information content (AvgIpc) is 2.57. The summed E-state index contributed by atoms with van der Waals surface area (Å²) in [6.07, 6.45) is 0.594. The molecular formula is C18H23NO4S. The second-order valence-electron chi connectivity index (χ2n) is 5.58. The Bertz CT molecular complexity index is 799. The zero-order valence-corrected chi connectivity index (χ0v) is 15.2. The molecule has 0 radical (unpaired) electrons. The lowest BCUT2D eigenvalue weighted by Gasteiger charge is -2.13. The van der Waals surface area contributed by atoms with Gasteiger partial charge in [0.25, 0.3) is 0 Å². The monoisotopic (exact) mass is 349 g/mol. The quantitative estimate of drug-likeness (QED) is 0.835. The molecule has 0 saturated heterocycles. The number of hydrogen-bond donors (Lipinski definition) is 1. The van der Waals surface area contributed by atoms with Crippen molar-refractivity contribution in [2.45, 2.75) is 25.2 Å². The van der Waals surface area contributed by atoms with Gasteiger partial charge >= 0.3 is 0 Å². The molecule has 0 bridgehead atoms. The van der Waals surface area contributed by atoms with Crippen LogP contribution in [0.3, 0.4) is 0 Å². The first-order valence-electron chi connectivity index (χ1n) is 7.65. The van der Waals surface area contributed by atoms with Crippen LogP contribution in [0.1, 0.15) is 16.7 Å². The zero-order chi connectivity index (χ0) is 17.7. The van der Waals surface area contributed by atoms with Crippen LogP contribution in [0.25, 0.3) is 0 Å². The molecule has 1 N–H and O–H groups in total. The maximum absolute atomic E-state index is 12.6. The van der Waals surface area contributed by atoms with Gasteiger partial charge in [-0.25, -0.2) is 13.1 Å². The molecular weight excluding hydrogens is 326 g/mol. The molecule has 0 saturated carbocycles. The zero-order valence-electron chi connectivity index (χ0n) is 14.4. The second-order valence-corrected chi connectivity index (χ2v) is 7.32. The van der Waals surface area contributed by atoms with Crippen molar-refractivity contribution in [3.8, 4) is 11.5 Å². The third kappa shape index (κ3) is 4.27. The van der Waals surface area contributed by atoms with Crippen molar-refractivity contribution < 1.29 is 17.9 Å². The summed E-state index contributed by atoms with van der Waals surface area (Å²) in [5.74, 6) is 1.13. The Kier molecular flexibility index (Phi) is 5.85. The number of rotatable bonds is 7. The van der Waals surface area contributed by atoms with E-state index in [2.05, 4.69) is 4.72 Å². The molecule has 24 heavy (non-hydrogen) atoms. The lowest BCUT2D eigenvalue weighted by molar-refractivity contribution is 0.402. The molecule has 0 aliphatic rings. The van der Waals surface area contributed by atoms with Gasteiger partial charge in [0.15, 0.2) is 0 Å². The fourth-order valence-electron chi connectivity index (χ4n) is 2.33. The third-order valence-electron chi connectivity index (χ3n) is 3.93. The fourth-order valence-corrected chi connectivity index (χ4v) is 3.60. The topological polar surface area (TPSA) is 64.6 Å². The molecule has 0 heterocycles. The molecule has 0 fully saturated rings. The number of sulfonamides is 1. The number of nitrogens with one attached hydrogen (secondary N) is 1. The van der Waals surface area contributed by atoms with E-state index in [1.807, 2.05) is 38.1 Å². The Morgan fingerprint density at radius 3 is 2.17 bits per heavy atom. The Hall–Kier alpha value is -2.05. The lowest BCUT2D eigenvalue weighted by Crippen LogP contribution is -2.26. The SMILES string of the molecule is COc1ccc(CCNS(=O)(=O)c2cc(C)c(C)cc2OC)cc1. The summed E-state index contributed by atoms with van der Waals surface area (Å²) in [5.41, 5.74) is 2.93. The van der Waals surface area contributed by atoms with Crippen LogP contribution in [-0.2, 0) is 16.4 Å². The standard InChI is InChI=1S/C18H23NO4S/c1-13-11-17(23-4)18(12-14(13)2)24(20,21)19-10-9-15-5-7-16(22-3)8-6-15/h5-8,11-12,19H,9-10H2,1-4H3. The summed E-state index contributed by atoms with van der Waals surface area (Å²) in [6, 6.07) is 10.9. The first-order valence-corrected chi connectivity index (χ1v) is 9.13. The van der Waals surface area contributed by atoms with Gasteiger partial charge in [-0.05, 0) is 61.2 Å². The van der Waals surface area contributed by atoms with Crippen LogP contribution in [0, 0.1) is 13.8 Å². The summed E-state index contributed by atoms with van der Waals surface area (Å²) >= 11 is 0.